The quantitative estimate of drug-likeness (QED) is 0.394. The fraction of sp³-hybridized carbons (Fsp3) is 0.417. The lowest BCUT2D eigenvalue weighted by Gasteiger charge is -2.03. The van der Waals surface area contributed by atoms with Gasteiger partial charge in [0.1, 0.15) is 0 Å². The maximum absolute atomic E-state index is 2.42. The highest BCUT2D eigenvalue weighted by molar-refractivity contribution is 6.02. The van der Waals surface area contributed by atoms with Gasteiger partial charge in [-0.15, -0.1) is 0 Å². The molecule has 0 saturated carbocycles. The van der Waals surface area contributed by atoms with E-state index in [2.05, 4.69) is 69.3 Å². The van der Waals surface area contributed by atoms with Crippen LogP contribution in [0.25, 0.3) is 21.9 Å². The lowest BCUT2D eigenvalue weighted by atomic mass is 10.0. The highest BCUT2D eigenvalue weighted by atomic mass is 14.1. The summed E-state index contributed by atoms with van der Waals surface area (Å²) in [5, 5.41) is 2.79. The molecular formula is C24H30. The van der Waals surface area contributed by atoms with Crippen molar-refractivity contribution in [2.45, 2.75) is 65.2 Å². The summed E-state index contributed by atoms with van der Waals surface area (Å²) in [5.41, 5.74) is 5.67. The fourth-order valence-corrected chi connectivity index (χ4v) is 3.60. The van der Waals surface area contributed by atoms with Gasteiger partial charge in [0.2, 0.25) is 0 Å². The summed E-state index contributed by atoms with van der Waals surface area (Å²) < 4.78 is 0. The highest BCUT2D eigenvalue weighted by Crippen LogP contribution is 2.35. The molecule has 0 aliphatic heterocycles. The molecule has 126 valence electrons. The number of benzene rings is 1. The first-order valence-corrected chi connectivity index (χ1v) is 9.64. The van der Waals surface area contributed by atoms with Crippen LogP contribution in [0.4, 0.5) is 0 Å². The summed E-state index contributed by atoms with van der Waals surface area (Å²) in [5.74, 6) is 0.567. The Hall–Kier alpha value is -1.82. The van der Waals surface area contributed by atoms with Crippen LogP contribution in [0.15, 0.2) is 48.5 Å². The second kappa shape index (κ2) is 7.83. The van der Waals surface area contributed by atoms with Crippen molar-refractivity contribution in [3.8, 4) is 11.1 Å². The Morgan fingerprint density at radius 2 is 1.67 bits per heavy atom. The maximum atomic E-state index is 2.42. The molecule has 0 N–H and O–H groups in total. The number of hydrogen-bond acceptors (Lipinski definition) is 0. The van der Waals surface area contributed by atoms with E-state index in [1.165, 1.54) is 71.6 Å². The monoisotopic (exact) mass is 318 g/mol. The smallest absolute Gasteiger partial charge is 0.0102 e. The van der Waals surface area contributed by atoms with E-state index in [9.17, 15) is 0 Å². The molecule has 24 heavy (non-hydrogen) atoms. The van der Waals surface area contributed by atoms with Crippen LogP contribution in [0, 0.1) is 0 Å². The summed E-state index contributed by atoms with van der Waals surface area (Å²) in [4.78, 5) is 0. The molecule has 3 rings (SSSR count). The zero-order chi connectivity index (χ0) is 16.9. The lowest BCUT2D eigenvalue weighted by molar-refractivity contribution is 0.632. The van der Waals surface area contributed by atoms with Crippen molar-refractivity contribution in [3.63, 3.8) is 0 Å². The summed E-state index contributed by atoms with van der Waals surface area (Å²) in [6.07, 6.45) is 7.96. The van der Waals surface area contributed by atoms with Crippen LogP contribution in [0.3, 0.4) is 0 Å². The normalized spacial score (nSPS) is 11.7. The van der Waals surface area contributed by atoms with Crippen molar-refractivity contribution in [2.75, 3.05) is 0 Å². The van der Waals surface area contributed by atoms with Gasteiger partial charge in [0.15, 0.2) is 0 Å². The van der Waals surface area contributed by atoms with Gasteiger partial charge in [-0.2, -0.15) is 0 Å². The number of fused-ring (bicyclic) bond motifs is 3. The Morgan fingerprint density at radius 1 is 0.833 bits per heavy atom. The van der Waals surface area contributed by atoms with Crippen LogP contribution >= 0.6 is 0 Å². The van der Waals surface area contributed by atoms with E-state index in [-0.39, 0.29) is 0 Å². The second-order valence-electron chi connectivity index (χ2n) is 7.42. The third-order valence-corrected chi connectivity index (χ3v) is 5.14. The van der Waals surface area contributed by atoms with Gasteiger partial charge in [-0.05, 0) is 57.9 Å². The van der Waals surface area contributed by atoms with Crippen LogP contribution in [-0.2, 0) is 6.42 Å². The average Bonchev–Trinajstić information content (AvgIpc) is 2.76. The van der Waals surface area contributed by atoms with Crippen LogP contribution in [-0.4, -0.2) is 0 Å². The number of unbranched alkanes of at least 4 members (excludes halogenated alkanes) is 4. The molecule has 0 aromatic heterocycles. The van der Waals surface area contributed by atoms with E-state index >= 15 is 0 Å². The predicted octanol–water partition coefficient (Wildman–Crippen LogP) is 7.58. The Kier molecular flexibility index (Phi) is 5.56. The van der Waals surface area contributed by atoms with Crippen molar-refractivity contribution in [3.05, 3.63) is 59.7 Å². The van der Waals surface area contributed by atoms with E-state index in [0.29, 0.717) is 5.92 Å². The molecule has 0 atom stereocenters. The van der Waals surface area contributed by atoms with E-state index in [1.54, 1.807) is 0 Å². The van der Waals surface area contributed by atoms with Gasteiger partial charge >= 0.3 is 0 Å². The van der Waals surface area contributed by atoms with Crippen molar-refractivity contribution in [1.29, 1.82) is 0 Å². The van der Waals surface area contributed by atoms with Gasteiger partial charge in [0.25, 0.3) is 0 Å². The number of aryl methyl sites for hydroxylation is 1. The van der Waals surface area contributed by atoms with E-state index < -0.39 is 0 Å². The second-order valence-corrected chi connectivity index (χ2v) is 7.42. The minimum absolute atomic E-state index is 0.567. The molecule has 2 aliphatic rings. The van der Waals surface area contributed by atoms with Crippen LogP contribution in [0.5, 0.6) is 0 Å². The summed E-state index contributed by atoms with van der Waals surface area (Å²) in [7, 11) is 0. The molecule has 1 aromatic rings. The number of rotatable bonds is 7. The first kappa shape index (κ1) is 17.0. The van der Waals surface area contributed by atoms with Gasteiger partial charge in [-0.3, -0.25) is 0 Å². The van der Waals surface area contributed by atoms with Gasteiger partial charge in [-0.1, -0.05) is 88.9 Å². The SMILES string of the molecule is CCCCCCCc1ccc2cc3cc(C(C)C)cccc-3c2c1. The molecule has 0 saturated heterocycles. The van der Waals surface area contributed by atoms with Gasteiger partial charge < -0.3 is 0 Å². The van der Waals surface area contributed by atoms with Crippen LogP contribution < -0.4 is 0 Å². The molecule has 0 heteroatoms. The standard InChI is InChI=1S/C24H30/c1-4-5-6-7-8-10-19-13-14-21-17-22-16-20(18(2)3)11-9-12-23(22)24(21)15-19/h9,11-18H,4-8,10H2,1-3H3. The average molecular weight is 319 g/mol. The third kappa shape index (κ3) is 3.80. The number of hydrogen-bond donors (Lipinski definition) is 0. The van der Waals surface area contributed by atoms with Gasteiger partial charge in [0, 0.05) is 0 Å². The molecule has 0 bridgehead atoms. The minimum atomic E-state index is 0.567. The highest BCUT2D eigenvalue weighted by Gasteiger charge is 2.10. The van der Waals surface area contributed by atoms with E-state index in [1.807, 2.05) is 0 Å². The fourth-order valence-electron chi connectivity index (χ4n) is 3.60. The van der Waals surface area contributed by atoms with E-state index in [4.69, 9.17) is 0 Å². The molecular weight excluding hydrogens is 288 g/mol. The largest absolute Gasteiger partial charge is 0.0654 e. The molecule has 0 radical (unpaired) electrons. The molecule has 0 heterocycles. The first-order chi connectivity index (χ1) is 11.7. The van der Waals surface area contributed by atoms with Crippen LogP contribution in [0.2, 0.25) is 0 Å². The molecule has 0 spiro atoms. The van der Waals surface area contributed by atoms with Gasteiger partial charge in [0.05, 0.1) is 0 Å². The maximum Gasteiger partial charge on any atom is -0.0102 e. The van der Waals surface area contributed by atoms with Crippen LogP contribution in [0.1, 0.15) is 69.9 Å². The topological polar surface area (TPSA) is 0 Å². The van der Waals surface area contributed by atoms with Crippen molar-refractivity contribution >= 4 is 10.8 Å². The molecule has 0 unspecified atom stereocenters. The Balaban J connectivity index is 1.84. The molecule has 0 nitrogen and oxygen atoms in total. The molecule has 0 fully saturated rings. The zero-order valence-corrected chi connectivity index (χ0v) is 15.4. The predicted molar refractivity (Wildman–Crippen MR) is 107 cm³/mol. The first-order valence-electron chi connectivity index (χ1n) is 9.64. The van der Waals surface area contributed by atoms with E-state index in [0.717, 1.165) is 0 Å². The summed E-state index contributed by atoms with van der Waals surface area (Å²) in [6.45, 7) is 6.81. The molecule has 1 aromatic carbocycles. The third-order valence-electron chi connectivity index (χ3n) is 5.14. The Labute approximate surface area is 147 Å². The summed E-state index contributed by atoms with van der Waals surface area (Å²) >= 11 is 0. The van der Waals surface area contributed by atoms with Crippen molar-refractivity contribution in [1.82, 2.24) is 0 Å². The van der Waals surface area contributed by atoms with Gasteiger partial charge in [-0.25, -0.2) is 0 Å². The molecule has 0 amide bonds. The zero-order valence-electron chi connectivity index (χ0n) is 15.4. The Morgan fingerprint density at radius 3 is 2.46 bits per heavy atom. The Bertz CT molecular complexity index is 766. The van der Waals surface area contributed by atoms with Crippen molar-refractivity contribution < 1.29 is 0 Å². The van der Waals surface area contributed by atoms with Crippen molar-refractivity contribution in [2.24, 2.45) is 0 Å². The minimum Gasteiger partial charge on any atom is -0.0654 e. The lowest BCUT2D eigenvalue weighted by Crippen LogP contribution is -1.86. The summed E-state index contributed by atoms with van der Waals surface area (Å²) in [6, 6.07) is 18.5. The molecule has 2 aliphatic carbocycles.